The van der Waals surface area contributed by atoms with E-state index in [1.807, 2.05) is 0 Å². The lowest BCUT2D eigenvalue weighted by Crippen LogP contribution is -2.34. The molecule has 0 aliphatic rings. The van der Waals surface area contributed by atoms with Crippen molar-refractivity contribution in [1.29, 1.82) is 0 Å². The first-order valence-electron chi connectivity index (χ1n) is 44.4. The van der Waals surface area contributed by atoms with Crippen LogP contribution < -0.4 is 10.6 Å². The monoisotopic (exact) mass is 1530 g/mol. The Kier molecular flexibility index (Phi) is 92.7. The summed E-state index contributed by atoms with van der Waals surface area (Å²) >= 11 is 0. The zero-order valence-corrected chi connectivity index (χ0v) is 69.1. The minimum atomic E-state index is -0.427. The van der Waals surface area contributed by atoms with Crippen LogP contribution in [0.2, 0.25) is 0 Å². The normalized spacial score (nSPS) is 12.1. The smallest absolute Gasteiger partial charge is 0.333 e. The van der Waals surface area contributed by atoms with Gasteiger partial charge in [0, 0.05) is 49.9 Å². The molecule has 2 N–H and O–H groups in total. The molecule has 0 saturated heterocycles. The summed E-state index contributed by atoms with van der Waals surface area (Å²) < 4.78 is 31.5. The highest BCUT2D eigenvalue weighted by Gasteiger charge is 2.23. The Hall–Kier alpha value is -3.78. The molecule has 0 aliphatic carbocycles. The van der Waals surface area contributed by atoms with Gasteiger partial charge in [0.15, 0.2) is 0 Å². The fourth-order valence-electron chi connectivity index (χ4n) is 14.8. The van der Waals surface area contributed by atoms with E-state index in [0.29, 0.717) is 49.9 Å². The Morgan fingerprint density at radius 1 is 0.250 bits per heavy atom. The van der Waals surface area contributed by atoms with Gasteiger partial charge in [-0.25, -0.2) is 9.59 Å². The molecule has 642 valence electrons. The first kappa shape index (κ1) is 113. The van der Waals surface area contributed by atoms with Crippen LogP contribution in [0.3, 0.4) is 0 Å². The van der Waals surface area contributed by atoms with Crippen molar-refractivity contribution in [1.82, 2.24) is 10.6 Å². The van der Waals surface area contributed by atoms with Crippen LogP contribution in [0.4, 0.5) is 0 Å². The molecule has 0 aliphatic heterocycles. The van der Waals surface area contributed by atoms with Gasteiger partial charge >= 0.3 is 23.9 Å². The SMILES string of the molecule is C.C.C.C.C=C(C)C(=O)OCCOCCOC(=O)CCCCCCCCC(CCCCCCCC)C(CCCCCCCC)CCCCCCCCC(=O)NCCNC(=O)CCCCCCCCC(CCCCCCCC)C(CCCCCCCC)CCCCCCCCC(=O)OCCOCCOC(=O)C(=C)C. The number of hydrogen-bond donors (Lipinski definition) is 2. The van der Waals surface area contributed by atoms with Crippen LogP contribution in [0.25, 0.3) is 0 Å². The summed E-state index contributed by atoms with van der Waals surface area (Å²) in [6.07, 6.45) is 73.6. The Balaban J connectivity index is -0.00000884. The van der Waals surface area contributed by atoms with Crippen molar-refractivity contribution in [3.05, 3.63) is 24.3 Å². The molecule has 14 heteroatoms. The highest BCUT2D eigenvalue weighted by molar-refractivity contribution is 5.87. The molecule has 108 heavy (non-hydrogen) atoms. The number of carbonyl (C=O) groups excluding carboxylic acids is 6. The third-order valence-corrected chi connectivity index (χ3v) is 21.3. The second-order valence-electron chi connectivity index (χ2n) is 31.1. The summed E-state index contributed by atoms with van der Waals surface area (Å²) in [5, 5.41) is 6.12. The molecule has 0 heterocycles. The number of carbonyl (C=O) groups is 6. The van der Waals surface area contributed by atoms with Gasteiger partial charge in [-0.15, -0.1) is 0 Å². The third-order valence-electron chi connectivity index (χ3n) is 21.3. The summed E-state index contributed by atoms with van der Waals surface area (Å²) in [4.78, 5) is 73.0. The number of hydrogen-bond acceptors (Lipinski definition) is 12. The summed E-state index contributed by atoms with van der Waals surface area (Å²) in [6.45, 7) is 22.4. The fourth-order valence-corrected chi connectivity index (χ4v) is 14.8. The molecule has 2 amide bonds. The van der Waals surface area contributed by atoms with E-state index < -0.39 is 11.9 Å². The van der Waals surface area contributed by atoms with E-state index in [1.165, 1.54) is 295 Å². The van der Waals surface area contributed by atoms with Crippen molar-refractivity contribution in [2.24, 2.45) is 23.7 Å². The lowest BCUT2D eigenvalue weighted by molar-refractivity contribution is -0.147. The van der Waals surface area contributed by atoms with Gasteiger partial charge in [0.05, 0.1) is 26.4 Å². The quantitative estimate of drug-likeness (QED) is 0.0255. The van der Waals surface area contributed by atoms with E-state index >= 15 is 0 Å². The number of unbranched alkanes of at least 4 members (excludes halogenated alkanes) is 40. The predicted octanol–water partition coefficient (Wildman–Crippen LogP) is 27.1. The van der Waals surface area contributed by atoms with Crippen LogP contribution >= 0.6 is 0 Å². The third kappa shape index (κ3) is 78.9. The number of amides is 2. The average Bonchev–Trinajstić information content (AvgIpc) is 0.923. The first-order chi connectivity index (χ1) is 50.8. The molecule has 0 saturated carbocycles. The van der Waals surface area contributed by atoms with Crippen molar-refractivity contribution in [3.63, 3.8) is 0 Å². The fraction of sp³-hybridized carbons (Fsp3) is 0.894. The van der Waals surface area contributed by atoms with E-state index in [4.69, 9.17) is 28.4 Å². The molecule has 0 bridgehead atoms. The topological polar surface area (TPSA) is 182 Å². The van der Waals surface area contributed by atoms with E-state index in [9.17, 15) is 28.8 Å². The molecule has 0 radical (unpaired) electrons. The molecule has 0 aromatic heterocycles. The van der Waals surface area contributed by atoms with Crippen molar-refractivity contribution in [3.8, 4) is 0 Å². The number of rotatable bonds is 83. The van der Waals surface area contributed by atoms with Crippen LogP contribution in [0.15, 0.2) is 24.3 Å². The number of esters is 4. The molecule has 0 aromatic carbocycles. The van der Waals surface area contributed by atoms with Crippen molar-refractivity contribution >= 4 is 35.7 Å². The van der Waals surface area contributed by atoms with Crippen LogP contribution in [0.5, 0.6) is 0 Å². The summed E-state index contributed by atoms with van der Waals surface area (Å²) in [6, 6.07) is 0. The van der Waals surface area contributed by atoms with E-state index in [-0.39, 0.29) is 106 Å². The molecular formula is C94H184N2O12. The van der Waals surface area contributed by atoms with Gasteiger partial charge in [-0.1, -0.05) is 404 Å². The molecule has 14 nitrogen and oxygen atoms in total. The molecular weight excluding hydrogens is 1350 g/mol. The second kappa shape index (κ2) is 88.8. The predicted molar refractivity (Wildman–Crippen MR) is 462 cm³/mol. The lowest BCUT2D eigenvalue weighted by Gasteiger charge is -2.28. The van der Waals surface area contributed by atoms with Gasteiger partial charge < -0.3 is 39.1 Å². The van der Waals surface area contributed by atoms with Gasteiger partial charge in [0.25, 0.3) is 0 Å². The largest absolute Gasteiger partial charge is 0.463 e. The minimum Gasteiger partial charge on any atom is -0.463 e. The van der Waals surface area contributed by atoms with Crippen LogP contribution in [-0.2, 0) is 57.2 Å². The van der Waals surface area contributed by atoms with Gasteiger partial charge in [0.2, 0.25) is 11.8 Å². The van der Waals surface area contributed by atoms with Crippen LogP contribution in [-0.4, -0.2) is 102 Å². The van der Waals surface area contributed by atoms with E-state index in [0.717, 1.165) is 87.9 Å². The maximum Gasteiger partial charge on any atom is 0.333 e. The standard InChI is InChI=1S/C90H168N2O12.4CH4/c1-9-13-17-21-33-45-57-81(83(59-47-35-23-19-15-11-3)63-51-39-27-31-43-55-67-87(95)101-75-71-99-73-77-103-89(97)79(5)6)61-49-37-25-29-41-53-65-85(93)91-69-70-92-86(94)66-54-42-30-26-38-50-62-82(58-46-34-22-18-14-10-2)84(60-48-36-24-20-16-12-4)64-52-40-28-32-44-56-68-88(96)102-76-72-100-74-78-104-90(98)80(7)8;;;;/h81-84H,5,7,9-78H2,1-4,6,8H3,(H,91,93)(H,92,94);4*1H4. The summed E-state index contributed by atoms with van der Waals surface area (Å²) in [5.74, 6) is 2.32. The van der Waals surface area contributed by atoms with Gasteiger partial charge in [0.1, 0.15) is 26.4 Å². The minimum absolute atomic E-state index is 0. The maximum absolute atomic E-state index is 12.8. The molecule has 0 fully saturated rings. The number of nitrogens with one attached hydrogen (secondary N) is 2. The zero-order valence-electron chi connectivity index (χ0n) is 69.1. The highest BCUT2D eigenvalue weighted by Crippen LogP contribution is 2.36. The van der Waals surface area contributed by atoms with Crippen LogP contribution in [0, 0.1) is 23.7 Å². The molecule has 0 spiro atoms. The van der Waals surface area contributed by atoms with Crippen LogP contribution in [0.1, 0.15) is 456 Å². The van der Waals surface area contributed by atoms with Gasteiger partial charge in [-0.05, 0) is 63.2 Å². The lowest BCUT2D eigenvalue weighted by atomic mass is 9.78. The van der Waals surface area contributed by atoms with E-state index in [2.05, 4.69) is 51.5 Å². The Morgan fingerprint density at radius 3 is 0.648 bits per heavy atom. The van der Waals surface area contributed by atoms with Crippen molar-refractivity contribution < 1.29 is 57.2 Å². The summed E-state index contributed by atoms with van der Waals surface area (Å²) in [7, 11) is 0. The molecule has 4 unspecified atom stereocenters. The molecule has 0 rings (SSSR count). The average molecular weight is 1530 g/mol. The number of ether oxygens (including phenoxy) is 6. The Labute approximate surface area is 670 Å². The maximum atomic E-state index is 12.8. The Morgan fingerprint density at radius 2 is 0.435 bits per heavy atom. The Bertz CT molecular complexity index is 1860. The molecule has 4 atom stereocenters. The first-order valence-corrected chi connectivity index (χ1v) is 44.4. The van der Waals surface area contributed by atoms with Crippen molar-refractivity contribution in [2.45, 2.75) is 456 Å². The van der Waals surface area contributed by atoms with E-state index in [1.54, 1.807) is 13.8 Å². The highest BCUT2D eigenvalue weighted by atomic mass is 16.6. The molecule has 0 aromatic rings. The summed E-state index contributed by atoms with van der Waals surface area (Å²) in [5.41, 5.74) is 0.719. The van der Waals surface area contributed by atoms with Gasteiger partial charge in [-0.3, -0.25) is 19.2 Å². The van der Waals surface area contributed by atoms with Crippen molar-refractivity contribution in [2.75, 3.05) is 65.9 Å². The zero-order chi connectivity index (χ0) is 76.1. The second-order valence-corrected chi connectivity index (χ2v) is 31.1. The van der Waals surface area contributed by atoms with Gasteiger partial charge in [-0.2, -0.15) is 0 Å².